The Kier molecular flexibility index (Phi) is 8.70. The second kappa shape index (κ2) is 8.81. The Labute approximate surface area is 111 Å². The Morgan fingerprint density at radius 3 is 2.50 bits per heavy atom. The van der Waals surface area contributed by atoms with Crippen LogP contribution >= 0.6 is 0 Å². The lowest BCUT2D eigenvalue weighted by molar-refractivity contribution is 0.0204. The van der Waals surface area contributed by atoms with Crippen LogP contribution in [0.1, 0.15) is 40.5 Å². The lowest BCUT2D eigenvalue weighted by Crippen LogP contribution is -2.47. The molecule has 2 nitrogen and oxygen atoms in total. The molecule has 0 aromatic heterocycles. The SMILES string of the molecule is COCCN1CC[C@H](C)[C@](C)(CC(C)C)C1.FF. The lowest BCUT2D eigenvalue weighted by atomic mass is 9.69. The van der Waals surface area contributed by atoms with E-state index >= 15 is 0 Å². The summed E-state index contributed by atoms with van der Waals surface area (Å²) in [4.78, 5) is 2.58. The van der Waals surface area contributed by atoms with Crippen LogP contribution in [-0.2, 0) is 4.74 Å². The van der Waals surface area contributed by atoms with Gasteiger partial charge in [-0.1, -0.05) is 27.7 Å². The Morgan fingerprint density at radius 1 is 1.39 bits per heavy atom. The average Bonchev–Trinajstić information content (AvgIpc) is 2.32. The van der Waals surface area contributed by atoms with Crippen molar-refractivity contribution in [1.82, 2.24) is 4.90 Å². The minimum atomic E-state index is 0.500. The summed E-state index contributed by atoms with van der Waals surface area (Å²) in [5.74, 6) is 1.66. The fraction of sp³-hybridized carbons (Fsp3) is 1.00. The van der Waals surface area contributed by atoms with E-state index in [1.54, 1.807) is 7.11 Å². The van der Waals surface area contributed by atoms with Gasteiger partial charge in [-0.2, -0.15) is 0 Å². The summed E-state index contributed by atoms with van der Waals surface area (Å²) in [7, 11) is 1.79. The van der Waals surface area contributed by atoms with E-state index in [0.717, 1.165) is 25.0 Å². The molecular formula is C14H29F2NO. The van der Waals surface area contributed by atoms with Crippen LogP contribution < -0.4 is 0 Å². The van der Waals surface area contributed by atoms with Crippen molar-refractivity contribution in [3.63, 3.8) is 0 Å². The Hall–Kier alpha value is -0.220. The molecule has 0 spiro atoms. The van der Waals surface area contributed by atoms with Gasteiger partial charge in [-0.25, -0.2) is 0 Å². The highest BCUT2D eigenvalue weighted by atomic mass is 20.0. The molecule has 0 unspecified atom stereocenters. The molecule has 18 heavy (non-hydrogen) atoms. The molecule has 0 radical (unpaired) electrons. The number of hydrogen-bond acceptors (Lipinski definition) is 2. The minimum absolute atomic E-state index is 0.500. The Bertz CT molecular complexity index is 212. The molecule has 0 bridgehead atoms. The maximum absolute atomic E-state index is 8.00. The molecule has 1 saturated heterocycles. The van der Waals surface area contributed by atoms with Crippen molar-refractivity contribution in [2.45, 2.75) is 40.5 Å². The summed E-state index contributed by atoms with van der Waals surface area (Å²) >= 11 is 0. The van der Waals surface area contributed by atoms with Crippen molar-refractivity contribution < 1.29 is 13.9 Å². The van der Waals surface area contributed by atoms with Crippen molar-refractivity contribution in [2.24, 2.45) is 17.3 Å². The number of rotatable bonds is 5. The minimum Gasteiger partial charge on any atom is -0.383 e. The van der Waals surface area contributed by atoms with Gasteiger partial charge in [0.15, 0.2) is 0 Å². The van der Waals surface area contributed by atoms with Gasteiger partial charge in [0.1, 0.15) is 0 Å². The summed E-state index contributed by atoms with van der Waals surface area (Å²) in [6.45, 7) is 14.0. The fourth-order valence-corrected chi connectivity index (χ4v) is 3.08. The maximum atomic E-state index is 8.00. The first-order chi connectivity index (χ1) is 8.48. The first-order valence-corrected chi connectivity index (χ1v) is 6.83. The zero-order chi connectivity index (χ0) is 14.2. The monoisotopic (exact) mass is 265 g/mol. The number of methoxy groups -OCH3 is 1. The predicted octanol–water partition coefficient (Wildman–Crippen LogP) is 3.87. The molecule has 0 saturated carbocycles. The van der Waals surface area contributed by atoms with Gasteiger partial charge in [0, 0.05) is 29.3 Å². The van der Waals surface area contributed by atoms with Crippen LogP contribution in [0.3, 0.4) is 0 Å². The third kappa shape index (κ3) is 5.61. The van der Waals surface area contributed by atoms with Gasteiger partial charge < -0.3 is 9.64 Å². The van der Waals surface area contributed by atoms with E-state index in [9.17, 15) is 0 Å². The number of halogens is 2. The van der Waals surface area contributed by atoms with Gasteiger partial charge in [-0.15, -0.1) is 0 Å². The summed E-state index contributed by atoms with van der Waals surface area (Å²) in [5, 5.41) is 0. The summed E-state index contributed by atoms with van der Waals surface area (Å²) in [6.07, 6.45) is 2.69. The predicted molar refractivity (Wildman–Crippen MR) is 71.9 cm³/mol. The summed E-state index contributed by atoms with van der Waals surface area (Å²) < 4.78 is 21.2. The summed E-state index contributed by atoms with van der Waals surface area (Å²) in [6, 6.07) is 0. The van der Waals surface area contributed by atoms with E-state index < -0.39 is 0 Å². The van der Waals surface area contributed by atoms with E-state index in [1.807, 2.05) is 0 Å². The van der Waals surface area contributed by atoms with Crippen LogP contribution in [0.5, 0.6) is 0 Å². The van der Waals surface area contributed by atoms with Crippen molar-refractivity contribution in [3.8, 4) is 0 Å². The molecule has 0 aromatic rings. The van der Waals surface area contributed by atoms with Crippen LogP contribution in [-0.4, -0.2) is 38.3 Å². The van der Waals surface area contributed by atoms with Gasteiger partial charge in [0.25, 0.3) is 0 Å². The molecule has 0 N–H and O–H groups in total. The van der Waals surface area contributed by atoms with Crippen molar-refractivity contribution in [3.05, 3.63) is 0 Å². The second-order valence-electron chi connectivity index (χ2n) is 6.21. The average molecular weight is 265 g/mol. The number of likely N-dealkylation sites (tertiary alicyclic amines) is 1. The Morgan fingerprint density at radius 2 is 2.00 bits per heavy atom. The molecule has 1 heterocycles. The normalized spacial score (nSPS) is 29.0. The number of ether oxygens (including phenoxy) is 1. The van der Waals surface area contributed by atoms with Crippen LogP contribution in [0.4, 0.5) is 9.15 Å². The molecule has 110 valence electrons. The largest absolute Gasteiger partial charge is 0.383 e. The Balaban J connectivity index is 0.00000137. The lowest BCUT2D eigenvalue weighted by Gasteiger charge is -2.46. The molecule has 4 heteroatoms. The second-order valence-corrected chi connectivity index (χ2v) is 6.21. The van der Waals surface area contributed by atoms with E-state index in [-0.39, 0.29) is 0 Å². The van der Waals surface area contributed by atoms with Gasteiger partial charge >= 0.3 is 0 Å². The standard InChI is InChI=1S/C14H29NO.F2/c1-12(2)10-14(4)11-15(8-9-16-5)7-6-13(14)3;1-2/h12-13H,6-11H2,1-5H3;/t13-,14+;/m0./s1. The van der Waals surface area contributed by atoms with Crippen LogP contribution in [0.2, 0.25) is 0 Å². The number of piperidine rings is 1. The molecule has 0 aliphatic carbocycles. The van der Waals surface area contributed by atoms with Crippen LogP contribution in [0.15, 0.2) is 0 Å². The maximum Gasteiger partial charge on any atom is 0.0589 e. The molecule has 1 fully saturated rings. The molecule has 2 atom stereocenters. The van der Waals surface area contributed by atoms with Gasteiger partial charge in [-0.05, 0) is 36.6 Å². The van der Waals surface area contributed by atoms with E-state index in [1.165, 1.54) is 25.9 Å². The highest BCUT2D eigenvalue weighted by Gasteiger charge is 2.36. The van der Waals surface area contributed by atoms with Crippen molar-refractivity contribution >= 4 is 0 Å². The van der Waals surface area contributed by atoms with Crippen LogP contribution in [0, 0.1) is 17.3 Å². The van der Waals surface area contributed by atoms with E-state index in [4.69, 9.17) is 13.9 Å². The molecule has 1 aliphatic rings. The zero-order valence-corrected chi connectivity index (χ0v) is 12.5. The van der Waals surface area contributed by atoms with Gasteiger partial charge in [0.2, 0.25) is 0 Å². The topological polar surface area (TPSA) is 12.5 Å². The quantitative estimate of drug-likeness (QED) is 0.748. The van der Waals surface area contributed by atoms with Gasteiger partial charge in [-0.3, -0.25) is 0 Å². The van der Waals surface area contributed by atoms with Crippen molar-refractivity contribution in [2.75, 3.05) is 33.4 Å². The van der Waals surface area contributed by atoms with E-state index in [0.29, 0.717) is 5.41 Å². The molecule has 1 rings (SSSR count). The van der Waals surface area contributed by atoms with Gasteiger partial charge in [0.05, 0.1) is 6.61 Å². The first kappa shape index (κ1) is 17.8. The fourth-order valence-electron chi connectivity index (χ4n) is 3.08. The number of hydrogen-bond donors (Lipinski definition) is 0. The molecule has 1 aliphatic heterocycles. The molecular weight excluding hydrogens is 236 g/mol. The van der Waals surface area contributed by atoms with Crippen molar-refractivity contribution in [1.29, 1.82) is 0 Å². The zero-order valence-electron chi connectivity index (χ0n) is 12.5. The van der Waals surface area contributed by atoms with Crippen LogP contribution in [0.25, 0.3) is 0 Å². The third-order valence-corrected chi connectivity index (χ3v) is 4.14. The highest BCUT2D eigenvalue weighted by molar-refractivity contribution is 4.88. The highest BCUT2D eigenvalue weighted by Crippen LogP contribution is 2.40. The molecule has 0 amide bonds. The summed E-state index contributed by atoms with van der Waals surface area (Å²) in [5.41, 5.74) is 0.500. The van der Waals surface area contributed by atoms with E-state index in [2.05, 4.69) is 32.6 Å². The number of nitrogens with zero attached hydrogens (tertiary/aromatic N) is 1. The first-order valence-electron chi connectivity index (χ1n) is 6.83. The third-order valence-electron chi connectivity index (χ3n) is 4.14. The molecule has 0 aromatic carbocycles. The smallest absolute Gasteiger partial charge is 0.0589 e.